The Morgan fingerprint density at radius 2 is 1.92 bits per heavy atom. The van der Waals surface area contributed by atoms with Gasteiger partial charge in [-0.1, -0.05) is 28.1 Å². The topological polar surface area (TPSA) is 81.7 Å². The van der Waals surface area contributed by atoms with E-state index >= 15 is 0 Å². The average molecular weight is 414 g/mol. The van der Waals surface area contributed by atoms with Gasteiger partial charge in [-0.05, 0) is 37.3 Å². The molecule has 1 N–H and O–H groups in total. The van der Waals surface area contributed by atoms with Crippen LogP contribution in [0.3, 0.4) is 0 Å². The number of anilines is 1. The Kier molecular flexibility index (Phi) is 6.22. The molecule has 0 heterocycles. The summed E-state index contributed by atoms with van der Waals surface area (Å²) < 4.78 is 37.9. The summed E-state index contributed by atoms with van der Waals surface area (Å²) in [6, 6.07) is 12.7. The van der Waals surface area contributed by atoms with E-state index in [1.165, 1.54) is 18.2 Å². The molecule has 0 aliphatic rings. The van der Waals surface area contributed by atoms with Crippen molar-refractivity contribution in [2.24, 2.45) is 0 Å². The number of ether oxygens (including phenoxy) is 2. The zero-order chi connectivity index (χ0) is 17.6. The highest BCUT2D eigenvalue weighted by atomic mass is 79.9. The summed E-state index contributed by atoms with van der Waals surface area (Å²) in [7, 11) is -3.72. The van der Waals surface area contributed by atoms with E-state index in [4.69, 9.17) is 9.47 Å². The zero-order valence-electron chi connectivity index (χ0n) is 12.9. The standard InChI is InChI=1S/C16H16BrNO5S/c1-2-22-16(19)11-23-14-7-4-6-13(10-14)18-24(20,21)15-8-3-5-12(17)9-15/h3-10,18H,2,11H2,1H3. The lowest BCUT2D eigenvalue weighted by Crippen LogP contribution is -2.15. The highest BCUT2D eigenvalue weighted by Gasteiger charge is 2.14. The van der Waals surface area contributed by atoms with Gasteiger partial charge in [-0.3, -0.25) is 4.72 Å². The van der Waals surface area contributed by atoms with Crippen LogP contribution in [0.15, 0.2) is 57.9 Å². The lowest BCUT2D eigenvalue weighted by Gasteiger charge is -2.10. The number of benzene rings is 2. The van der Waals surface area contributed by atoms with E-state index in [0.29, 0.717) is 15.9 Å². The fraction of sp³-hybridized carbons (Fsp3) is 0.188. The first-order valence-corrected chi connectivity index (χ1v) is 9.35. The molecule has 2 aromatic rings. The SMILES string of the molecule is CCOC(=O)COc1cccc(NS(=O)(=O)c2cccc(Br)c2)c1. The molecule has 0 bridgehead atoms. The molecule has 0 radical (unpaired) electrons. The first-order valence-electron chi connectivity index (χ1n) is 7.07. The lowest BCUT2D eigenvalue weighted by molar-refractivity contribution is -0.145. The van der Waals surface area contributed by atoms with Crippen molar-refractivity contribution in [1.82, 2.24) is 0 Å². The van der Waals surface area contributed by atoms with Gasteiger partial charge < -0.3 is 9.47 Å². The van der Waals surface area contributed by atoms with Gasteiger partial charge in [0.05, 0.1) is 17.2 Å². The van der Waals surface area contributed by atoms with Crippen LogP contribution in [-0.2, 0) is 19.6 Å². The Hall–Kier alpha value is -2.06. The second-order valence-corrected chi connectivity index (χ2v) is 7.28. The van der Waals surface area contributed by atoms with Crippen LogP contribution in [0.4, 0.5) is 5.69 Å². The van der Waals surface area contributed by atoms with Crippen molar-refractivity contribution in [3.8, 4) is 5.75 Å². The molecule has 128 valence electrons. The van der Waals surface area contributed by atoms with Crippen LogP contribution in [0.2, 0.25) is 0 Å². The van der Waals surface area contributed by atoms with E-state index in [9.17, 15) is 13.2 Å². The summed E-state index contributed by atoms with van der Waals surface area (Å²) in [4.78, 5) is 11.4. The normalized spacial score (nSPS) is 10.9. The van der Waals surface area contributed by atoms with Crippen LogP contribution in [0.1, 0.15) is 6.92 Å². The van der Waals surface area contributed by atoms with Crippen LogP contribution in [-0.4, -0.2) is 27.6 Å². The van der Waals surface area contributed by atoms with Crippen LogP contribution in [0, 0.1) is 0 Å². The largest absolute Gasteiger partial charge is 0.482 e. The third kappa shape index (κ3) is 5.24. The molecule has 0 unspecified atom stereocenters. The third-order valence-electron chi connectivity index (χ3n) is 2.85. The number of halogens is 1. The fourth-order valence-corrected chi connectivity index (χ4v) is 3.49. The molecule has 0 fully saturated rings. The predicted octanol–water partition coefficient (Wildman–Crippen LogP) is 3.19. The number of carbonyl (C=O) groups excluding carboxylic acids is 1. The minimum atomic E-state index is -3.72. The van der Waals surface area contributed by atoms with Crippen LogP contribution in [0.5, 0.6) is 5.75 Å². The highest BCUT2D eigenvalue weighted by Crippen LogP contribution is 2.22. The summed E-state index contributed by atoms with van der Waals surface area (Å²) >= 11 is 3.24. The number of carbonyl (C=O) groups is 1. The van der Waals surface area contributed by atoms with Gasteiger partial charge in [0.25, 0.3) is 10.0 Å². The van der Waals surface area contributed by atoms with Crippen LogP contribution in [0.25, 0.3) is 0 Å². The summed E-state index contributed by atoms with van der Waals surface area (Å²) in [5, 5.41) is 0. The molecule has 8 heteroatoms. The van der Waals surface area contributed by atoms with E-state index in [-0.39, 0.29) is 18.1 Å². The molecule has 0 atom stereocenters. The Bertz CT molecular complexity index is 823. The molecule has 0 saturated carbocycles. The van der Waals surface area contributed by atoms with Crippen molar-refractivity contribution in [2.45, 2.75) is 11.8 Å². The Balaban J connectivity index is 2.10. The van der Waals surface area contributed by atoms with Crippen LogP contribution >= 0.6 is 15.9 Å². The van der Waals surface area contributed by atoms with Crippen molar-refractivity contribution >= 4 is 37.6 Å². The summed E-state index contributed by atoms with van der Waals surface area (Å²) in [5.41, 5.74) is 0.330. The second kappa shape index (κ2) is 8.16. The number of esters is 1. The summed E-state index contributed by atoms with van der Waals surface area (Å²) in [6.07, 6.45) is 0. The minimum absolute atomic E-state index is 0.134. The molecular formula is C16H16BrNO5S. The molecular weight excluding hydrogens is 398 g/mol. The van der Waals surface area contributed by atoms with Crippen molar-refractivity contribution in [1.29, 1.82) is 0 Å². The smallest absolute Gasteiger partial charge is 0.344 e. The fourth-order valence-electron chi connectivity index (χ4n) is 1.84. The first-order chi connectivity index (χ1) is 11.4. The number of sulfonamides is 1. The maximum Gasteiger partial charge on any atom is 0.344 e. The second-order valence-electron chi connectivity index (χ2n) is 4.68. The maximum atomic E-state index is 12.4. The number of hydrogen-bond acceptors (Lipinski definition) is 5. The van der Waals surface area contributed by atoms with E-state index in [1.807, 2.05) is 0 Å². The molecule has 0 amide bonds. The first kappa shape index (κ1) is 18.3. The van der Waals surface area contributed by atoms with Crippen molar-refractivity contribution in [3.63, 3.8) is 0 Å². The Morgan fingerprint density at radius 3 is 2.62 bits per heavy atom. The van der Waals surface area contributed by atoms with Gasteiger partial charge in [0.15, 0.2) is 6.61 Å². The van der Waals surface area contributed by atoms with Gasteiger partial charge in [-0.2, -0.15) is 0 Å². The molecule has 0 aromatic heterocycles. The monoisotopic (exact) mass is 413 g/mol. The summed E-state index contributed by atoms with van der Waals surface area (Å²) in [5.74, 6) is -0.130. The van der Waals surface area contributed by atoms with Gasteiger partial charge in [0, 0.05) is 10.5 Å². The van der Waals surface area contributed by atoms with E-state index < -0.39 is 16.0 Å². The number of hydrogen-bond donors (Lipinski definition) is 1. The minimum Gasteiger partial charge on any atom is -0.482 e. The van der Waals surface area contributed by atoms with E-state index in [2.05, 4.69) is 20.7 Å². The molecule has 0 aliphatic heterocycles. The van der Waals surface area contributed by atoms with Crippen molar-refractivity contribution < 1.29 is 22.7 Å². The average Bonchev–Trinajstić information content (AvgIpc) is 2.53. The molecule has 2 rings (SSSR count). The van der Waals surface area contributed by atoms with Gasteiger partial charge in [0.1, 0.15) is 5.75 Å². The van der Waals surface area contributed by atoms with Crippen LogP contribution < -0.4 is 9.46 Å². The van der Waals surface area contributed by atoms with Crippen molar-refractivity contribution in [2.75, 3.05) is 17.9 Å². The molecule has 6 nitrogen and oxygen atoms in total. The van der Waals surface area contributed by atoms with Gasteiger partial charge in [-0.25, -0.2) is 13.2 Å². The lowest BCUT2D eigenvalue weighted by atomic mass is 10.3. The molecule has 0 aliphatic carbocycles. The Morgan fingerprint density at radius 1 is 1.17 bits per heavy atom. The molecule has 0 spiro atoms. The quantitative estimate of drug-likeness (QED) is 0.704. The predicted molar refractivity (Wildman–Crippen MR) is 93.5 cm³/mol. The molecule has 0 saturated heterocycles. The van der Waals surface area contributed by atoms with Gasteiger partial charge >= 0.3 is 5.97 Å². The van der Waals surface area contributed by atoms with Gasteiger partial charge in [0.2, 0.25) is 0 Å². The Labute approximate surface area is 149 Å². The van der Waals surface area contributed by atoms with E-state index in [1.54, 1.807) is 37.3 Å². The maximum absolute atomic E-state index is 12.4. The molecule has 24 heavy (non-hydrogen) atoms. The number of rotatable bonds is 7. The molecule has 2 aromatic carbocycles. The van der Waals surface area contributed by atoms with Gasteiger partial charge in [-0.15, -0.1) is 0 Å². The zero-order valence-corrected chi connectivity index (χ0v) is 15.3. The number of nitrogens with one attached hydrogen (secondary N) is 1. The highest BCUT2D eigenvalue weighted by molar-refractivity contribution is 9.10. The van der Waals surface area contributed by atoms with E-state index in [0.717, 1.165) is 0 Å². The third-order valence-corrected chi connectivity index (χ3v) is 4.73. The van der Waals surface area contributed by atoms with Crippen molar-refractivity contribution in [3.05, 3.63) is 53.0 Å². The summed E-state index contributed by atoms with van der Waals surface area (Å²) in [6.45, 7) is 1.74.